The second kappa shape index (κ2) is 5.37. The van der Waals surface area contributed by atoms with E-state index in [4.69, 9.17) is 11.6 Å². The smallest absolute Gasteiger partial charge is 0.133 e. The van der Waals surface area contributed by atoms with Gasteiger partial charge in [-0.1, -0.05) is 18.5 Å². The minimum atomic E-state index is -0.916. The van der Waals surface area contributed by atoms with Crippen molar-refractivity contribution in [3.63, 3.8) is 0 Å². The number of fused-ring (bicyclic) bond motifs is 3. The van der Waals surface area contributed by atoms with Crippen LogP contribution in [0, 0.1) is 5.82 Å². The second-order valence-corrected chi connectivity index (χ2v) is 8.74. The molecule has 1 heterocycles. The fraction of sp³-hybridized carbons (Fsp3) is 0.429. The maximum atomic E-state index is 14.9. The number of rotatable bonds is 1. The molecule has 0 radical (unpaired) electrons. The van der Waals surface area contributed by atoms with Crippen LogP contribution in [0.15, 0.2) is 30.3 Å². The second-order valence-electron chi connectivity index (χ2n) is 8.34. The first-order valence-corrected chi connectivity index (χ1v) is 9.30. The van der Waals surface area contributed by atoms with Crippen LogP contribution in [0.2, 0.25) is 5.02 Å². The zero-order chi connectivity index (χ0) is 18.9. The first-order chi connectivity index (χ1) is 12.1. The molecule has 0 aromatic heterocycles. The van der Waals surface area contributed by atoms with Crippen molar-refractivity contribution in [2.45, 2.75) is 56.6 Å². The zero-order valence-electron chi connectivity index (χ0n) is 15.2. The summed E-state index contributed by atoms with van der Waals surface area (Å²) in [6.07, 6.45) is 2.47. The zero-order valence-corrected chi connectivity index (χ0v) is 15.9. The predicted molar refractivity (Wildman–Crippen MR) is 102 cm³/mol. The van der Waals surface area contributed by atoms with E-state index in [9.17, 15) is 14.6 Å². The van der Waals surface area contributed by atoms with Crippen molar-refractivity contribution in [2.75, 3.05) is 5.32 Å². The number of phenolic OH excluding ortho intramolecular Hbond substituents is 1. The predicted octanol–water partition coefficient (Wildman–Crippen LogP) is 5.23. The Balaban J connectivity index is 1.96. The molecule has 0 spiro atoms. The average Bonchev–Trinajstić information content (AvgIpc) is 2.86. The summed E-state index contributed by atoms with van der Waals surface area (Å²) < 4.78 is 14.9. The molecule has 2 aromatic rings. The average molecular weight is 376 g/mol. The Morgan fingerprint density at radius 3 is 2.50 bits per heavy atom. The Bertz CT molecular complexity index is 913. The van der Waals surface area contributed by atoms with Crippen molar-refractivity contribution < 1.29 is 14.6 Å². The van der Waals surface area contributed by atoms with Crippen LogP contribution in [0.4, 0.5) is 10.1 Å². The molecule has 0 amide bonds. The fourth-order valence-corrected chi connectivity index (χ4v) is 5.32. The highest BCUT2D eigenvalue weighted by Crippen LogP contribution is 2.59. The number of halogens is 2. The third-order valence-corrected chi connectivity index (χ3v) is 6.87. The van der Waals surface area contributed by atoms with Gasteiger partial charge >= 0.3 is 0 Å². The molecule has 0 bridgehead atoms. The number of aliphatic hydroxyl groups is 1. The molecule has 2 atom stereocenters. The van der Waals surface area contributed by atoms with Gasteiger partial charge in [-0.25, -0.2) is 4.39 Å². The van der Waals surface area contributed by atoms with Gasteiger partial charge in [-0.2, -0.15) is 0 Å². The lowest BCUT2D eigenvalue weighted by atomic mass is 9.60. The van der Waals surface area contributed by atoms with Crippen LogP contribution < -0.4 is 5.32 Å². The summed E-state index contributed by atoms with van der Waals surface area (Å²) >= 11 is 6.25. The van der Waals surface area contributed by atoms with E-state index < -0.39 is 16.6 Å². The van der Waals surface area contributed by atoms with Gasteiger partial charge in [0.25, 0.3) is 0 Å². The van der Waals surface area contributed by atoms with Gasteiger partial charge in [-0.15, -0.1) is 0 Å². The normalized spacial score (nSPS) is 29.0. The minimum absolute atomic E-state index is 0.0395. The van der Waals surface area contributed by atoms with Crippen molar-refractivity contribution in [3.05, 3.63) is 46.7 Å². The van der Waals surface area contributed by atoms with Crippen molar-refractivity contribution in [3.8, 4) is 16.9 Å². The van der Waals surface area contributed by atoms with Crippen LogP contribution >= 0.6 is 11.6 Å². The van der Waals surface area contributed by atoms with E-state index in [1.807, 2.05) is 19.9 Å². The lowest BCUT2D eigenvalue weighted by molar-refractivity contribution is -0.0628. The summed E-state index contributed by atoms with van der Waals surface area (Å²) in [4.78, 5) is 0. The van der Waals surface area contributed by atoms with E-state index >= 15 is 0 Å². The molecule has 1 saturated carbocycles. The van der Waals surface area contributed by atoms with E-state index in [0.29, 0.717) is 22.6 Å². The number of hydrogen-bond donors (Lipinski definition) is 3. The molecule has 1 fully saturated rings. The van der Waals surface area contributed by atoms with E-state index in [1.54, 1.807) is 6.07 Å². The van der Waals surface area contributed by atoms with E-state index in [1.165, 1.54) is 18.2 Å². The highest BCUT2D eigenvalue weighted by Gasteiger charge is 2.62. The molecule has 2 aromatic carbocycles. The van der Waals surface area contributed by atoms with Gasteiger partial charge < -0.3 is 15.5 Å². The molecule has 2 aliphatic rings. The minimum Gasteiger partial charge on any atom is -0.508 e. The molecule has 2 unspecified atom stereocenters. The number of hydrogen-bond acceptors (Lipinski definition) is 3. The molecule has 1 aliphatic heterocycles. The van der Waals surface area contributed by atoms with Gasteiger partial charge in [-0.05, 0) is 69.0 Å². The fourth-order valence-electron chi connectivity index (χ4n) is 5.04. The van der Waals surface area contributed by atoms with E-state index in [2.05, 4.69) is 12.2 Å². The lowest BCUT2D eigenvalue weighted by Gasteiger charge is -2.55. The number of benzene rings is 2. The summed E-state index contributed by atoms with van der Waals surface area (Å²) in [5.41, 5.74) is 0.599. The van der Waals surface area contributed by atoms with Gasteiger partial charge in [-0.3, -0.25) is 0 Å². The summed E-state index contributed by atoms with van der Waals surface area (Å²) in [5.74, 6) is -0.343. The molecule has 138 valence electrons. The lowest BCUT2D eigenvalue weighted by Crippen LogP contribution is -2.65. The van der Waals surface area contributed by atoms with E-state index in [-0.39, 0.29) is 11.6 Å². The standard InChI is InChI=1S/C21H23ClFNO2/c1-19(2)21(26)8-4-7-20(21,3)15-10-14(17(23)11-18(15)24-19)13-6-5-12(25)9-16(13)22/h5-6,9-11,24-26H,4,7-8H2,1-3H3. The van der Waals surface area contributed by atoms with Crippen molar-refractivity contribution in [1.29, 1.82) is 0 Å². The van der Waals surface area contributed by atoms with Crippen molar-refractivity contribution >= 4 is 17.3 Å². The highest BCUT2D eigenvalue weighted by molar-refractivity contribution is 6.33. The third-order valence-electron chi connectivity index (χ3n) is 6.55. The Morgan fingerprint density at radius 2 is 1.81 bits per heavy atom. The topological polar surface area (TPSA) is 52.5 Å². The van der Waals surface area contributed by atoms with Crippen molar-refractivity contribution in [1.82, 2.24) is 0 Å². The van der Waals surface area contributed by atoms with E-state index in [0.717, 1.165) is 24.1 Å². The molecule has 5 heteroatoms. The highest BCUT2D eigenvalue weighted by atomic mass is 35.5. The van der Waals surface area contributed by atoms with Crippen LogP contribution in [-0.2, 0) is 5.41 Å². The summed E-state index contributed by atoms with van der Waals surface area (Å²) in [6.45, 7) is 6.02. The molecule has 0 saturated heterocycles. The first kappa shape index (κ1) is 17.6. The summed E-state index contributed by atoms with van der Waals surface area (Å²) in [6, 6.07) is 7.83. The Morgan fingerprint density at radius 1 is 1.08 bits per heavy atom. The van der Waals surface area contributed by atoms with Gasteiger partial charge in [0, 0.05) is 22.2 Å². The molecule has 1 aliphatic carbocycles. The monoisotopic (exact) mass is 375 g/mol. The number of phenols is 1. The third kappa shape index (κ3) is 2.15. The maximum absolute atomic E-state index is 14.9. The van der Waals surface area contributed by atoms with Gasteiger partial charge in [0.15, 0.2) is 0 Å². The Kier molecular flexibility index (Phi) is 3.64. The van der Waals surface area contributed by atoms with Gasteiger partial charge in [0.05, 0.1) is 16.2 Å². The van der Waals surface area contributed by atoms with Crippen LogP contribution in [0.25, 0.3) is 11.1 Å². The van der Waals surface area contributed by atoms with Crippen LogP contribution in [0.3, 0.4) is 0 Å². The van der Waals surface area contributed by atoms with Crippen molar-refractivity contribution in [2.24, 2.45) is 0 Å². The number of anilines is 1. The maximum Gasteiger partial charge on any atom is 0.133 e. The largest absolute Gasteiger partial charge is 0.508 e. The first-order valence-electron chi connectivity index (χ1n) is 8.93. The Labute approximate surface area is 157 Å². The quantitative estimate of drug-likeness (QED) is 0.639. The number of nitrogens with one attached hydrogen (secondary N) is 1. The van der Waals surface area contributed by atoms with Gasteiger partial charge in [0.2, 0.25) is 0 Å². The summed E-state index contributed by atoms with van der Waals surface area (Å²) in [7, 11) is 0. The molecule has 3 N–H and O–H groups in total. The number of aromatic hydroxyl groups is 1. The van der Waals surface area contributed by atoms with Crippen LogP contribution in [0.5, 0.6) is 5.75 Å². The van der Waals surface area contributed by atoms with Gasteiger partial charge in [0.1, 0.15) is 11.6 Å². The molecular formula is C21H23ClFNO2. The summed E-state index contributed by atoms with van der Waals surface area (Å²) in [5, 5.41) is 24.8. The molecular weight excluding hydrogens is 353 g/mol. The van der Waals surface area contributed by atoms with Crippen LogP contribution in [0.1, 0.15) is 45.6 Å². The van der Waals surface area contributed by atoms with Crippen LogP contribution in [-0.4, -0.2) is 21.4 Å². The Hall–Kier alpha value is -1.78. The molecule has 26 heavy (non-hydrogen) atoms. The molecule has 3 nitrogen and oxygen atoms in total. The SMILES string of the molecule is CC1(C)Nc2cc(F)c(-c3ccc(O)cc3Cl)cc2C2(C)CCCC12O. The molecule has 4 rings (SSSR count).